The van der Waals surface area contributed by atoms with Gasteiger partial charge in [-0.25, -0.2) is 0 Å². The number of carboxylic acid groups (broad SMARTS) is 1. The van der Waals surface area contributed by atoms with Crippen molar-refractivity contribution in [3.63, 3.8) is 0 Å². The van der Waals surface area contributed by atoms with E-state index in [0.29, 0.717) is 6.61 Å². The number of carbonyl (C=O) groups excluding carboxylic acids is 3. The number of hydrogen-bond donors (Lipinski definition) is 1. The Balaban J connectivity index is 3.05. The standard InChI is InChI=1S/C20H32O7/c1-6-8-9-10-26-16(24)18(3,4)12-20(11-14(21)27-17(20)25)13-19(5,7-2)15(22)23/h6-13H2,1-5H3,(H,22,23). The van der Waals surface area contributed by atoms with Crippen LogP contribution in [0, 0.1) is 16.2 Å². The summed E-state index contributed by atoms with van der Waals surface area (Å²) >= 11 is 0. The highest BCUT2D eigenvalue weighted by Gasteiger charge is 2.57. The molecule has 7 heteroatoms. The van der Waals surface area contributed by atoms with E-state index in [1.807, 2.05) is 6.92 Å². The van der Waals surface area contributed by atoms with Gasteiger partial charge < -0.3 is 14.6 Å². The molecule has 0 saturated carbocycles. The van der Waals surface area contributed by atoms with Crippen molar-refractivity contribution < 1.29 is 33.8 Å². The number of carboxylic acids is 1. The number of carbonyl (C=O) groups is 4. The van der Waals surface area contributed by atoms with Crippen molar-refractivity contribution in [3.05, 3.63) is 0 Å². The lowest BCUT2D eigenvalue weighted by molar-refractivity contribution is -0.162. The van der Waals surface area contributed by atoms with Gasteiger partial charge in [-0.15, -0.1) is 0 Å². The molecule has 0 aromatic carbocycles. The predicted octanol–water partition coefficient (Wildman–Crippen LogP) is 3.49. The smallest absolute Gasteiger partial charge is 0.320 e. The zero-order chi connectivity index (χ0) is 20.9. The van der Waals surface area contributed by atoms with Gasteiger partial charge in [-0.2, -0.15) is 0 Å². The second kappa shape index (κ2) is 8.85. The third kappa shape index (κ3) is 5.53. The molecule has 27 heavy (non-hydrogen) atoms. The maximum Gasteiger partial charge on any atom is 0.320 e. The topological polar surface area (TPSA) is 107 Å². The van der Waals surface area contributed by atoms with Crippen molar-refractivity contribution in [2.75, 3.05) is 6.61 Å². The average Bonchev–Trinajstić information content (AvgIpc) is 2.83. The van der Waals surface area contributed by atoms with Gasteiger partial charge in [-0.1, -0.05) is 26.7 Å². The Morgan fingerprint density at radius 3 is 2.22 bits per heavy atom. The molecule has 154 valence electrons. The minimum absolute atomic E-state index is 0.0000540. The van der Waals surface area contributed by atoms with E-state index in [9.17, 15) is 24.3 Å². The molecule has 0 aromatic heterocycles. The summed E-state index contributed by atoms with van der Waals surface area (Å²) in [6.07, 6.45) is 2.71. The molecule has 0 aromatic rings. The van der Waals surface area contributed by atoms with E-state index in [2.05, 4.69) is 0 Å². The summed E-state index contributed by atoms with van der Waals surface area (Å²) in [6.45, 7) is 8.91. The van der Waals surface area contributed by atoms with Gasteiger partial charge in [0.25, 0.3) is 0 Å². The highest BCUT2D eigenvalue weighted by molar-refractivity contribution is 5.98. The predicted molar refractivity (Wildman–Crippen MR) is 97.7 cm³/mol. The molecule has 0 radical (unpaired) electrons. The number of rotatable bonds is 11. The molecule has 0 aliphatic carbocycles. The number of aliphatic carboxylic acids is 1. The Kier molecular flexibility index (Phi) is 7.57. The van der Waals surface area contributed by atoms with Crippen molar-refractivity contribution in [1.82, 2.24) is 0 Å². The molecular weight excluding hydrogens is 352 g/mol. The second-order valence-corrected chi connectivity index (χ2v) is 8.52. The van der Waals surface area contributed by atoms with Crippen molar-refractivity contribution in [3.8, 4) is 0 Å². The van der Waals surface area contributed by atoms with Crippen LogP contribution in [-0.2, 0) is 28.7 Å². The van der Waals surface area contributed by atoms with Gasteiger partial charge in [0.1, 0.15) is 0 Å². The van der Waals surface area contributed by atoms with Crippen LogP contribution >= 0.6 is 0 Å². The van der Waals surface area contributed by atoms with Gasteiger partial charge in [0, 0.05) is 0 Å². The fraction of sp³-hybridized carbons (Fsp3) is 0.800. The Labute approximate surface area is 160 Å². The lowest BCUT2D eigenvalue weighted by Gasteiger charge is -2.37. The number of ether oxygens (including phenoxy) is 2. The summed E-state index contributed by atoms with van der Waals surface area (Å²) < 4.78 is 10.1. The summed E-state index contributed by atoms with van der Waals surface area (Å²) in [7, 11) is 0. The first-order valence-electron chi connectivity index (χ1n) is 9.58. The van der Waals surface area contributed by atoms with E-state index in [1.165, 1.54) is 0 Å². The van der Waals surface area contributed by atoms with Crippen molar-refractivity contribution in [1.29, 1.82) is 0 Å². The van der Waals surface area contributed by atoms with Gasteiger partial charge in [0.15, 0.2) is 0 Å². The number of hydrogen-bond acceptors (Lipinski definition) is 6. The van der Waals surface area contributed by atoms with Crippen LogP contribution in [-0.4, -0.2) is 35.6 Å². The second-order valence-electron chi connectivity index (χ2n) is 8.52. The van der Waals surface area contributed by atoms with Gasteiger partial charge in [-0.3, -0.25) is 19.2 Å². The third-order valence-corrected chi connectivity index (χ3v) is 5.46. The number of unbranched alkanes of at least 4 members (excludes halogenated alkanes) is 2. The lowest BCUT2D eigenvalue weighted by atomic mass is 9.63. The van der Waals surface area contributed by atoms with Crippen molar-refractivity contribution in [2.45, 2.75) is 79.6 Å². The Hall–Kier alpha value is -1.92. The lowest BCUT2D eigenvalue weighted by Crippen LogP contribution is -2.43. The fourth-order valence-corrected chi connectivity index (χ4v) is 3.66. The van der Waals surface area contributed by atoms with Crippen LogP contribution in [0.4, 0.5) is 0 Å². The van der Waals surface area contributed by atoms with E-state index in [-0.39, 0.29) is 25.7 Å². The van der Waals surface area contributed by atoms with E-state index in [0.717, 1.165) is 19.3 Å². The first-order valence-corrected chi connectivity index (χ1v) is 9.58. The first-order chi connectivity index (χ1) is 12.4. The Morgan fingerprint density at radius 1 is 1.15 bits per heavy atom. The molecule has 1 aliphatic heterocycles. The molecule has 7 nitrogen and oxygen atoms in total. The van der Waals surface area contributed by atoms with Crippen LogP contribution < -0.4 is 0 Å². The molecule has 0 spiro atoms. The molecule has 1 saturated heterocycles. The Morgan fingerprint density at radius 2 is 1.78 bits per heavy atom. The molecular formula is C20H32O7. The van der Waals surface area contributed by atoms with Gasteiger partial charge in [0.05, 0.1) is 29.3 Å². The summed E-state index contributed by atoms with van der Waals surface area (Å²) in [4.78, 5) is 48.6. The van der Waals surface area contributed by atoms with Crippen LogP contribution in [0.1, 0.15) is 79.6 Å². The molecule has 1 N–H and O–H groups in total. The molecule has 0 bridgehead atoms. The normalized spacial score (nSPS) is 22.3. The first kappa shape index (κ1) is 23.1. The Bertz CT molecular complexity index is 595. The largest absolute Gasteiger partial charge is 0.481 e. The van der Waals surface area contributed by atoms with Crippen LogP contribution in [0.2, 0.25) is 0 Å². The number of cyclic esters (lactones) is 2. The van der Waals surface area contributed by atoms with Crippen LogP contribution in [0.3, 0.4) is 0 Å². The van der Waals surface area contributed by atoms with Crippen LogP contribution in [0.25, 0.3) is 0 Å². The summed E-state index contributed by atoms with van der Waals surface area (Å²) in [6, 6.07) is 0. The summed E-state index contributed by atoms with van der Waals surface area (Å²) in [5.74, 6) is -2.94. The van der Waals surface area contributed by atoms with E-state index in [4.69, 9.17) is 9.47 Å². The molecule has 1 fully saturated rings. The molecule has 1 heterocycles. The van der Waals surface area contributed by atoms with Gasteiger partial charge in [-0.05, 0) is 46.5 Å². The highest BCUT2D eigenvalue weighted by atomic mass is 16.6. The highest BCUT2D eigenvalue weighted by Crippen LogP contribution is 2.50. The number of esters is 3. The van der Waals surface area contributed by atoms with Gasteiger partial charge >= 0.3 is 23.9 Å². The average molecular weight is 384 g/mol. The zero-order valence-corrected chi connectivity index (χ0v) is 17.1. The van der Waals surface area contributed by atoms with E-state index >= 15 is 0 Å². The van der Waals surface area contributed by atoms with E-state index in [1.54, 1.807) is 27.7 Å². The summed E-state index contributed by atoms with van der Waals surface area (Å²) in [5, 5.41) is 9.60. The molecule has 0 amide bonds. The zero-order valence-electron chi connectivity index (χ0n) is 17.1. The molecule has 2 unspecified atom stereocenters. The molecule has 1 aliphatic rings. The van der Waals surface area contributed by atoms with Gasteiger partial charge in [0.2, 0.25) is 0 Å². The molecule has 1 rings (SSSR count). The minimum atomic E-state index is -1.34. The summed E-state index contributed by atoms with van der Waals surface area (Å²) in [5.41, 5.74) is -3.60. The monoisotopic (exact) mass is 384 g/mol. The van der Waals surface area contributed by atoms with E-state index < -0.39 is 40.1 Å². The van der Waals surface area contributed by atoms with Crippen molar-refractivity contribution >= 4 is 23.9 Å². The van der Waals surface area contributed by atoms with Crippen molar-refractivity contribution in [2.24, 2.45) is 16.2 Å². The quantitative estimate of drug-likeness (QED) is 0.330. The molecule has 2 atom stereocenters. The fourth-order valence-electron chi connectivity index (χ4n) is 3.66. The van der Waals surface area contributed by atoms with Crippen LogP contribution in [0.15, 0.2) is 0 Å². The SMILES string of the molecule is CCCCCOC(=O)C(C)(C)CC1(CC(C)(CC)C(=O)O)CC(=O)OC1=O. The third-order valence-electron chi connectivity index (χ3n) is 5.46. The minimum Gasteiger partial charge on any atom is -0.481 e. The van der Waals surface area contributed by atoms with Crippen LogP contribution in [0.5, 0.6) is 0 Å². The maximum absolute atomic E-state index is 12.5. The maximum atomic E-state index is 12.5.